The van der Waals surface area contributed by atoms with Gasteiger partial charge in [0, 0.05) is 13.1 Å². The molecule has 1 heterocycles. The van der Waals surface area contributed by atoms with E-state index < -0.39 is 23.7 Å². The molecular weight excluding hydrogens is 251 g/mol. The Balaban J connectivity index is 1.92. The lowest BCUT2D eigenvalue weighted by Gasteiger charge is -2.30. The number of amides is 2. The number of carbonyl (C=O) groups excluding carboxylic acids is 1. The van der Waals surface area contributed by atoms with Gasteiger partial charge in [-0.15, -0.1) is 0 Å². The number of nitrogens with one attached hydrogen (secondary N) is 1. The summed E-state index contributed by atoms with van der Waals surface area (Å²) in [6.45, 7) is 0.745. The lowest BCUT2D eigenvalue weighted by atomic mass is 9.97. The summed E-state index contributed by atoms with van der Waals surface area (Å²) in [5.41, 5.74) is 0.132. The summed E-state index contributed by atoms with van der Waals surface area (Å²) in [6.07, 6.45) is 0.861. The molecule has 5 nitrogen and oxygen atoms in total. The molecule has 0 saturated carbocycles. The van der Waals surface area contributed by atoms with Gasteiger partial charge < -0.3 is 15.3 Å². The van der Waals surface area contributed by atoms with Crippen molar-refractivity contribution in [2.45, 2.75) is 12.8 Å². The SMILES string of the molecule is O=C(O)C1CCN(C(=O)Nc2ccccc2F)CC1. The number of hydrogen-bond donors (Lipinski definition) is 2. The second kappa shape index (κ2) is 5.69. The smallest absolute Gasteiger partial charge is 0.321 e. The van der Waals surface area contributed by atoms with Crippen LogP contribution in [0.4, 0.5) is 14.9 Å². The standard InChI is InChI=1S/C13H15FN2O3/c14-10-3-1-2-4-11(10)15-13(19)16-7-5-9(6-8-16)12(17)18/h1-4,9H,5-8H2,(H,15,19)(H,17,18). The van der Waals surface area contributed by atoms with Gasteiger partial charge in [-0.05, 0) is 25.0 Å². The van der Waals surface area contributed by atoms with Crippen LogP contribution in [0.3, 0.4) is 0 Å². The van der Waals surface area contributed by atoms with Crippen molar-refractivity contribution in [1.82, 2.24) is 4.90 Å². The molecular formula is C13H15FN2O3. The molecule has 0 atom stereocenters. The van der Waals surface area contributed by atoms with Crippen LogP contribution < -0.4 is 5.32 Å². The summed E-state index contributed by atoms with van der Waals surface area (Å²) in [5.74, 6) is -1.71. The molecule has 19 heavy (non-hydrogen) atoms. The van der Waals surface area contributed by atoms with Crippen LogP contribution in [0.2, 0.25) is 0 Å². The van der Waals surface area contributed by atoms with Gasteiger partial charge in [-0.25, -0.2) is 9.18 Å². The number of anilines is 1. The molecule has 0 aliphatic carbocycles. The van der Waals surface area contributed by atoms with Crippen LogP contribution in [0.15, 0.2) is 24.3 Å². The fourth-order valence-electron chi connectivity index (χ4n) is 2.09. The largest absolute Gasteiger partial charge is 0.481 e. The van der Waals surface area contributed by atoms with Crippen molar-refractivity contribution in [2.75, 3.05) is 18.4 Å². The summed E-state index contributed by atoms with van der Waals surface area (Å²) in [4.78, 5) is 24.2. The number of likely N-dealkylation sites (tertiary alicyclic amines) is 1. The van der Waals surface area contributed by atoms with E-state index in [9.17, 15) is 14.0 Å². The molecule has 2 rings (SSSR count). The quantitative estimate of drug-likeness (QED) is 0.861. The highest BCUT2D eigenvalue weighted by molar-refractivity contribution is 5.89. The fraction of sp³-hybridized carbons (Fsp3) is 0.385. The summed E-state index contributed by atoms with van der Waals surface area (Å²) < 4.78 is 13.4. The molecule has 1 aliphatic rings. The van der Waals surface area contributed by atoms with E-state index in [1.54, 1.807) is 12.1 Å². The van der Waals surface area contributed by atoms with Gasteiger partial charge in [0.25, 0.3) is 0 Å². The molecule has 1 aromatic rings. The Labute approximate surface area is 110 Å². The third-order valence-corrected chi connectivity index (χ3v) is 3.25. The molecule has 1 aliphatic heterocycles. The first-order chi connectivity index (χ1) is 9.08. The van der Waals surface area contributed by atoms with Crippen LogP contribution in [0.1, 0.15) is 12.8 Å². The van der Waals surface area contributed by atoms with Gasteiger partial charge in [0.1, 0.15) is 5.82 Å². The van der Waals surface area contributed by atoms with Crippen molar-refractivity contribution in [2.24, 2.45) is 5.92 Å². The van der Waals surface area contributed by atoms with Crippen LogP contribution in [0.5, 0.6) is 0 Å². The number of piperidine rings is 1. The van der Waals surface area contributed by atoms with Crippen molar-refractivity contribution >= 4 is 17.7 Å². The number of para-hydroxylation sites is 1. The van der Waals surface area contributed by atoms with Gasteiger partial charge in [-0.1, -0.05) is 12.1 Å². The number of rotatable bonds is 2. The molecule has 1 saturated heterocycles. The van der Waals surface area contributed by atoms with Crippen LogP contribution in [0.25, 0.3) is 0 Å². The molecule has 0 bridgehead atoms. The minimum atomic E-state index is -0.825. The average molecular weight is 266 g/mol. The van der Waals surface area contributed by atoms with E-state index in [1.807, 2.05) is 0 Å². The van der Waals surface area contributed by atoms with E-state index in [0.717, 1.165) is 0 Å². The van der Waals surface area contributed by atoms with Gasteiger partial charge in [0.05, 0.1) is 11.6 Å². The van der Waals surface area contributed by atoms with Crippen LogP contribution in [0, 0.1) is 11.7 Å². The number of halogens is 1. The number of carboxylic acid groups (broad SMARTS) is 1. The van der Waals surface area contributed by atoms with Crippen LogP contribution in [-0.4, -0.2) is 35.1 Å². The second-order valence-electron chi connectivity index (χ2n) is 4.51. The zero-order chi connectivity index (χ0) is 13.8. The second-order valence-corrected chi connectivity index (χ2v) is 4.51. The zero-order valence-corrected chi connectivity index (χ0v) is 10.3. The van der Waals surface area contributed by atoms with Gasteiger partial charge in [-0.2, -0.15) is 0 Å². The van der Waals surface area contributed by atoms with Crippen LogP contribution >= 0.6 is 0 Å². The molecule has 102 valence electrons. The average Bonchev–Trinajstić information content (AvgIpc) is 2.41. The topological polar surface area (TPSA) is 69.6 Å². The predicted octanol–water partition coefficient (Wildman–Crippen LogP) is 2.15. The van der Waals surface area contributed by atoms with E-state index in [1.165, 1.54) is 17.0 Å². The number of benzene rings is 1. The van der Waals surface area contributed by atoms with Gasteiger partial charge >= 0.3 is 12.0 Å². The monoisotopic (exact) mass is 266 g/mol. The minimum absolute atomic E-state index is 0.132. The van der Waals surface area contributed by atoms with Gasteiger partial charge in [0.15, 0.2) is 0 Å². The maximum Gasteiger partial charge on any atom is 0.321 e. The molecule has 2 N–H and O–H groups in total. The zero-order valence-electron chi connectivity index (χ0n) is 10.3. The van der Waals surface area contributed by atoms with E-state index in [4.69, 9.17) is 5.11 Å². The summed E-state index contributed by atoms with van der Waals surface area (Å²) in [7, 11) is 0. The first-order valence-electron chi connectivity index (χ1n) is 6.11. The number of nitrogens with zero attached hydrogens (tertiary/aromatic N) is 1. The lowest BCUT2D eigenvalue weighted by molar-refractivity contribution is -0.143. The maximum absolute atomic E-state index is 13.4. The van der Waals surface area contributed by atoms with Crippen molar-refractivity contribution in [3.8, 4) is 0 Å². The number of hydrogen-bond acceptors (Lipinski definition) is 2. The molecule has 0 spiro atoms. The highest BCUT2D eigenvalue weighted by atomic mass is 19.1. The molecule has 6 heteroatoms. The third kappa shape index (κ3) is 3.21. The number of carbonyl (C=O) groups is 2. The molecule has 2 amide bonds. The fourth-order valence-corrected chi connectivity index (χ4v) is 2.09. The van der Waals surface area contributed by atoms with Crippen molar-refractivity contribution in [3.05, 3.63) is 30.1 Å². The highest BCUT2D eigenvalue weighted by Crippen LogP contribution is 2.19. The number of aliphatic carboxylic acids is 1. The highest BCUT2D eigenvalue weighted by Gasteiger charge is 2.27. The third-order valence-electron chi connectivity index (χ3n) is 3.25. The van der Waals surface area contributed by atoms with E-state index in [0.29, 0.717) is 25.9 Å². The molecule has 0 radical (unpaired) electrons. The molecule has 0 aromatic heterocycles. The lowest BCUT2D eigenvalue weighted by Crippen LogP contribution is -2.42. The van der Waals surface area contributed by atoms with Crippen molar-refractivity contribution < 1.29 is 19.1 Å². The Bertz CT molecular complexity index is 485. The summed E-state index contributed by atoms with van der Waals surface area (Å²) in [6, 6.07) is 5.54. The van der Waals surface area contributed by atoms with E-state index in [-0.39, 0.29) is 5.69 Å². The van der Waals surface area contributed by atoms with E-state index in [2.05, 4.69) is 5.32 Å². The predicted molar refractivity (Wildman–Crippen MR) is 67.4 cm³/mol. The first kappa shape index (κ1) is 13.3. The van der Waals surface area contributed by atoms with Crippen molar-refractivity contribution in [3.63, 3.8) is 0 Å². The summed E-state index contributed by atoms with van der Waals surface area (Å²) in [5, 5.41) is 11.4. The number of carboxylic acids is 1. The Morgan fingerprint density at radius 3 is 2.47 bits per heavy atom. The molecule has 1 fully saturated rings. The van der Waals surface area contributed by atoms with Crippen LogP contribution in [-0.2, 0) is 4.79 Å². The van der Waals surface area contributed by atoms with E-state index >= 15 is 0 Å². The maximum atomic E-state index is 13.4. The Kier molecular flexibility index (Phi) is 3.99. The molecule has 0 unspecified atom stereocenters. The Hall–Kier alpha value is -2.11. The normalized spacial score (nSPS) is 16.2. The Morgan fingerprint density at radius 1 is 1.26 bits per heavy atom. The summed E-state index contributed by atoms with van der Waals surface area (Å²) >= 11 is 0. The molecule has 1 aromatic carbocycles. The van der Waals surface area contributed by atoms with Crippen molar-refractivity contribution in [1.29, 1.82) is 0 Å². The van der Waals surface area contributed by atoms with Gasteiger partial charge in [-0.3, -0.25) is 4.79 Å². The van der Waals surface area contributed by atoms with Gasteiger partial charge in [0.2, 0.25) is 0 Å². The first-order valence-corrected chi connectivity index (χ1v) is 6.11. The number of urea groups is 1. The minimum Gasteiger partial charge on any atom is -0.481 e. The Morgan fingerprint density at radius 2 is 1.89 bits per heavy atom.